The minimum Gasteiger partial charge on any atom is -0.336 e. The van der Waals surface area contributed by atoms with E-state index < -0.39 is 0 Å². The van der Waals surface area contributed by atoms with Crippen LogP contribution in [0.15, 0.2) is 72.8 Å². The number of amides is 1. The van der Waals surface area contributed by atoms with Gasteiger partial charge in [0.15, 0.2) is 0 Å². The lowest BCUT2D eigenvalue weighted by Gasteiger charge is -2.25. The van der Waals surface area contributed by atoms with Crippen molar-refractivity contribution < 1.29 is 4.79 Å². The fourth-order valence-corrected chi connectivity index (χ4v) is 4.17. The van der Waals surface area contributed by atoms with E-state index in [1.165, 1.54) is 21.9 Å². The Hall–Kier alpha value is -2.61. The maximum absolute atomic E-state index is 12.9. The summed E-state index contributed by atoms with van der Waals surface area (Å²) in [6, 6.07) is 25.5. The lowest BCUT2D eigenvalue weighted by molar-refractivity contribution is -0.132. The standard InChI is InChI=1S/C24H25NO/c1-18(19-8-3-2-4-9-19)25-17-16-22(24(25)26)15-14-21-12-7-11-20-10-5-6-13-23(20)21/h2-13,18,22H,14-17H2,1H3/t18-,22-/m0/s1. The van der Waals surface area contributed by atoms with E-state index in [0.29, 0.717) is 5.91 Å². The molecule has 1 saturated heterocycles. The molecule has 0 radical (unpaired) electrons. The second-order valence-electron chi connectivity index (χ2n) is 7.28. The number of likely N-dealkylation sites (tertiary alicyclic amines) is 1. The van der Waals surface area contributed by atoms with Gasteiger partial charge in [-0.3, -0.25) is 4.79 Å². The third-order valence-corrected chi connectivity index (χ3v) is 5.74. The molecule has 1 amide bonds. The van der Waals surface area contributed by atoms with E-state index in [1.807, 2.05) is 18.2 Å². The molecule has 0 spiro atoms. The number of nitrogens with zero attached hydrogens (tertiary/aromatic N) is 1. The summed E-state index contributed by atoms with van der Waals surface area (Å²) in [5.41, 5.74) is 2.57. The maximum Gasteiger partial charge on any atom is 0.226 e. The van der Waals surface area contributed by atoms with Gasteiger partial charge in [-0.05, 0) is 48.1 Å². The van der Waals surface area contributed by atoms with Crippen LogP contribution in [0.25, 0.3) is 10.8 Å². The third kappa shape index (κ3) is 3.24. The molecule has 0 saturated carbocycles. The van der Waals surface area contributed by atoms with Crippen molar-refractivity contribution in [3.8, 4) is 0 Å². The molecular formula is C24H25NO. The van der Waals surface area contributed by atoms with Crippen molar-refractivity contribution in [1.29, 1.82) is 0 Å². The molecule has 132 valence electrons. The first-order valence-electron chi connectivity index (χ1n) is 9.56. The molecule has 1 fully saturated rings. The zero-order valence-corrected chi connectivity index (χ0v) is 15.3. The predicted octanol–water partition coefficient (Wildman–Crippen LogP) is 5.38. The first-order chi connectivity index (χ1) is 12.7. The van der Waals surface area contributed by atoms with Gasteiger partial charge >= 0.3 is 0 Å². The summed E-state index contributed by atoms with van der Waals surface area (Å²) in [6.07, 6.45) is 2.87. The summed E-state index contributed by atoms with van der Waals surface area (Å²) >= 11 is 0. The molecule has 1 heterocycles. The molecule has 3 aromatic carbocycles. The van der Waals surface area contributed by atoms with Crippen LogP contribution in [0.3, 0.4) is 0 Å². The summed E-state index contributed by atoms with van der Waals surface area (Å²) in [4.78, 5) is 15.0. The van der Waals surface area contributed by atoms with Crippen LogP contribution in [0.5, 0.6) is 0 Å². The zero-order valence-electron chi connectivity index (χ0n) is 15.3. The molecule has 4 rings (SSSR count). The van der Waals surface area contributed by atoms with Crippen molar-refractivity contribution in [2.24, 2.45) is 5.92 Å². The second kappa shape index (κ2) is 7.33. The molecule has 0 aromatic heterocycles. The first kappa shape index (κ1) is 16.8. The van der Waals surface area contributed by atoms with Crippen LogP contribution >= 0.6 is 0 Å². The number of hydrogen-bond acceptors (Lipinski definition) is 1. The van der Waals surface area contributed by atoms with Crippen LogP contribution in [0.1, 0.15) is 36.9 Å². The monoisotopic (exact) mass is 343 g/mol. The van der Waals surface area contributed by atoms with Crippen LogP contribution in [0.4, 0.5) is 0 Å². The number of carbonyl (C=O) groups is 1. The van der Waals surface area contributed by atoms with E-state index >= 15 is 0 Å². The Morgan fingerprint density at radius 1 is 0.962 bits per heavy atom. The largest absolute Gasteiger partial charge is 0.336 e. The molecular weight excluding hydrogens is 318 g/mol. The molecule has 0 N–H and O–H groups in total. The van der Waals surface area contributed by atoms with E-state index in [-0.39, 0.29) is 12.0 Å². The first-order valence-corrected chi connectivity index (χ1v) is 9.56. The van der Waals surface area contributed by atoms with Gasteiger partial charge in [0.1, 0.15) is 0 Å². The quantitative estimate of drug-likeness (QED) is 0.609. The van der Waals surface area contributed by atoms with Crippen molar-refractivity contribution in [2.75, 3.05) is 6.54 Å². The summed E-state index contributed by atoms with van der Waals surface area (Å²) in [7, 11) is 0. The van der Waals surface area contributed by atoms with Crippen molar-refractivity contribution in [3.63, 3.8) is 0 Å². The Balaban J connectivity index is 1.44. The minimum absolute atomic E-state index is 0.153. The Morgan fingerprint density at radius 2 is 1.69 bits per heavy atom. The highest BCUT2D eigenvalue weighted by Crippen LogP contribution is 2.31. The van der Waals surface area contributed by atoms with Gasteiger partial charge in [0.05, 0.1) is 6.04 Å². The average Bonchev–Trinajstić information content (AvgIpc) is 3.07. The van der Waals surface area contributed by atoms with Crippen molar-refractivity contribution in [2.45, 2.75) is 32.2 Å². The van der Waals surface area contributed by atoms with Crippen molar-refractivity contribution >= 4 is 16.7 Å². The van der Waals surface area contributed by atoms with Gasteiger partial charge in [0.2, 0.25) is 5.91 Å². The smallest absolute Gasteiger partial charge is 0.226 e. The number of aryl methyl sites for hydroxylation is 1. The average molecular weight is 343 g/mol. The van der Waals surface area contributed by atoms with Gasteiger partial charge in [-0.1, -0.05) is 72.8 Å². The van der Waals surface area contributed by atoms with Gasteiger partial charge in [-0.15, -0.1) is 0 Å². The number of carbonyl (C=O) groups excluding carboxylic acids is 1. The summed E-state index contributed by atoms with van der Waals surface area (Å²) in [6.45, 7) is 3.01. The summed E-state index contributed by atoms with van der Waals surface area (Å²) < 4.78 is 0. The van der Waals surface area contributed by atoms with Gasteiger partial charge in [-0.25, -0.2) is 0 Å². The third-order valence-electron chi connectivity index (χ3n) is 5.74. The summed E-state index contributed by atoms with van der Waals surface area (Å²) in [5.74, 6) is 0.474. The molecule has 0 aliphatic carbocycles. The topological polar surface area (TPSA) is 20.3 Å². The number of hydrogen-bond donors (Lipinski definition) is 0. The lowest BCUT2D eigenvalue weighted by Crippen LogP contribution is -2.30. The Labute approximate surface area is 155 Å². The lowest BCUT2D eigenvalue weighted by atomic mass is 9.95. The molecule has 1 aliphatic rings. The van der Waals surface area contributed by atoms with E-state index in [9.17, 15) is 4.79 Å². The van der Waals surface area contributed by atoms with Crippen molar-refractivity contribution in [3.05, 3.63) is 83.9 Å². The molecule has 2 atom stereocenters. The number of benzene rings is 3. The maximum atomic E-state index is 12.9. The molecule has 0 bridgehead atoms. The van der Waals surface area contributed by atoms with E-state index in [4.69, 9.17) is 0 Å². The molecule has 2 heteroatoms. The van der Waals surface area contributed by atoms with E-state index in [2.05, 4.69) is 66.4 Å². The van der Waals surface area contributed by atoms with Gasteiger partial charge in [-0.2, -0.15) is 0 Å². The minimum atomic E-state index is 0.153. The Bertz CT molecular complexity index is 897. The van der Waals surface area contributed by atoms with Crippen molar-refractivity contribution in [1.82, 2.24) is 4.90 Å². The van der Waals surface area contributed by atoms with Crippen LogP contribution in [-0.4, -0.2) is 17.4 Å². The molecule has 0 unspecified atom stereocenters. The molecule has 2 nitrogen and oxygen atoms in total. The molecule has 26 heavy (non-hydrogen) atoms. The van der Waals surface area contributed by atoms with E-state index in [0.717, 1.165) is 25.8 Å². The second-order valence-corrected chi connectivity index (χ2v) is 7.28. The van der Waals surface area contributed by atoms with Crippen LogP contribution in [-0.2, 0) is 11.2 Å². The Morgan fingerprint density at radius 3 is 2.54 bits per heavy atom. The summed E-state index contributed by atoms with van der Waals surface area (Å²) in [5, 5.41) is 2.59. The fourth-order valence-electron chi connectivity index (χ4n) is 4.17. The van der Waals surface area contributed by atoms with Gasteiger partial charge in [0.25, 0.3) is 0 Å². The molecule has 1 aliphatic heterocycles. The highest BCUT2D eigenvalue weighted by atomic mass is 16.2. The number of fused-ring (bicyclic) bond motifs is 1. The van der Waals surface area contributed by atoms with E-state index in [1.54, 1.807) is 0 Å². The van der Waals surface area contributed by atoms with Crippen LogP contribution < -0.4 is 0 Å². The SMILES string of the molecule is C[C@@H](c1ccccc1)N1CC[C@H](CCc2cccc3ccccc23)C1=O. The van der Waals surface area contributed by atoms with Gasteiger partial charge in [0, 0.05) is 12.5 Å². The predicted molar refractivity (Wildman–Crippen MR) is 107 cm³/mol. The zero-order chi connectivity index (χ0) is 17.9. The Kier molecular flexibility index (Phi) is 4.75. The number of rotatable bonds is 5. The normalized spacial score (nSPS) is 18.4. The fraction of sp³-hybridized carbons (Fsp3) is 0.292. The van der Waals surface area contributed by atoms with Crippen LogP contribution in [0, 0.1) is 5.92 Å². The van der Waals surface area contributed by atoms with Gasteiger partial charge < -0.3 is 4.90 Å². The van der Waals surface area contributed by atoms with Crippen LogP contribution in [0.2, 0.25) is 0 Å². The highest BCUT2D eigenvalue weighted by molar-refractivity contribution is 5.86. The highest BCUT2D eigenvalue weighted by Gasteiger charge is 2.34. The molecule has 3 aromatic rings.